The van der Waals surface area contributed by atoms with Crippen LogP contribution in [0.4, 0.5) is 0 Å². The van der Waals surface area contributed by atoms with Crippen LogP contribution < -0.4 is 0 Å². The summed E-state index contributed by atoms with van der Waals surface area (Å²) in [4.78, 5) is 0. The number of allylic oxidation sites excluding steroid dienone is 6. The van der Waals surface area contributed by atoms with Crippen molar-refractivity contribution in [2.75, 3.05) is 0 Å². The van der Waals surface area contributed by atoms with Crippen LogP contribution >= 0.6 is 11.1 Å². The molecule has 1 saturated carbocycles. The van der Waals surface area contributed by atoms with Gasteiger partial charge in [0.1, 0.15) is 0 Å². The van der Waals surface area contributed by atoms with Crippen LogP contribution in [0.2, 0.25) is 17.6 Å². The summed E-state index contributed by atoms with van der Waals surface area (Å²) in [5.41, 5.74) is 0.775. The average molecular weight is 281 g/mol. The third-order valence-electron chi connectivity index (χ3n) is 3.80. The monoisotopic (exact) mass is 280 g/mol. The molecule has 0 aromatic heterocycles. The van der Waals surface area contributed by atoms with Crippen LogP contribution in [-0.4, -0.2) is 7.38 Å². The fourth-order valence-corrected chi connectivity index (χ4v) is 7.28. The summed E-state index contributed by atoms with van der Waals surface area (Å²) in [6.45, 7) is 7.45. The molecule has 0 nitrogen and oxygen atoms in total. The van der Waals surface area contributed by atoms with Crippen LogP contribution in [0.25, 0.3) is 0 Å². The second kappa shape index (κ2) is 8.55. The molecule has 0 heterocycles. The van der Waals surface area contributed by atoms with E-state index in [2.05, 4.69) is 25.3 Å². The molecule has 0 bridgehead atoms. The summed E-state index contributed by atoms with van der Waals surface area (Å²) in [5, 5.41) is 0. The van der Waals surface area contributed by atoms with E-state index in [0.717, 1.165) is 17.6 Å². The lowest BCUT2D eigenvalue weighted by Crippen LogP contribution is -2.33. The summed E-state index contributed by atoms with van der Waals surface area (Å²) < 4.78 is 0. The van der Waals surface area contributed by atoms with Gasteiger partial charge in [-0.2, -0.15) is 11.1 Å². The number of rotatable bonds is 7. The van der Waals surface area contributed by atoms with Gasteiger partial charge >= 0.3 is 0 Å². The maximum absolute atomic E-state index is 7.06. The molecule has 0 aromatic carbocycles. The largest absolute Gasteiger partial charge is 0.166 e. The highest BCUT2D eigenvalue weighted by Gasteiger charge is 2.38. The summed E-state index contributed by atoms with van der Waals surface area (Å²) in [6, 6.07) is 2.12. The first kappa shape index (κ1) is 15.5. The second-order valence-corrected chi connectivity index (χ2v) is 11.1. The standard InChI is InChI=1S/C16H25ClSi/c1-3-5-10-14-18(17,15-11-6-4-2)16-12-8-7-9-13-16/h3-6,10-11,16H,1-2,7-9,12-15H2/b10-5+,11-6+. The lowest BCUT2D eigenvalue weighted by Gasteiger charge is -2.34. The molecule has 1 fully saturated rings. The molecule has 2 heteroatoms. The molecule has 1 rings (SSSR count). The summed E-state index contributed by atoms with van der Waals surface area (Å²) in [5.74, 6) is 0. The van der Waals surface area contributed by atoms with E-state index < -0.39 is 7.38 Å². The van der Waals surface area contributed by atoms with Crippen LogP contribution in [0.5, 0.6) is 0 Å². The van der Waals surface area contributed by atoms with E-state index in [-0.39, 0.29) is 0 Å². The van der Waals surface area contributed by atoms with E-state index in [1.807, 2.05) is 24.3 Å². The van der Waals surface area contributed by atoms with E-state index in [0.29, 0.717) is 0 Å². The fraction of sp³-hybridized carbons (Fsp3) is 0.500. The van der Waals surface area contributed by atoms with Crippen molar-refractivity contribution in [3.8, 4) is 0 Å². The molecule has 0 spiro atoms. The predicted molar refractivity (Wildman–Crippen MR) is 86.7 cm³/mol. The van der Waals surface area contributed by atoms with Gasteiger partial charge in [-0.05, 0) is 17.6 Å². The van der Waals surface area contributed by atoms with Crippen LogP contribution in [0.3, 0.4) is 0 Å². The molecule has 0 radical (unpaired) electrons. The van der Waals surface area contributed by atoms with Crippen molar-refractivity contribution in [3.63, 3.8) is 0 Å². The van der Waals surface area contributed by atoms with Crippen molar-refractivity contribution in [1.82, 2.24) is 0 Å². The molecule has 1 aliphatic rings. The van der Waals surface area contributed by atoms with Crippen LogP contribution in [0.1, 0.15) is 32.1 Å². The highest BCUT2D eigenvalue weighted by molar-refractivity contribution is 7.21. The van der Waals surface area contributed by atoms with Gasteiger partial charge in [-0.15, -0.1) is 0 Å². The van der Waals surface area contributed by atoms with E-state index >= 15 is 0 Å². The Morgan fingerprint density at radius 2 is 1.44 bits per heavy atom. The van der Waals surface area contributed by atoms with Crippen molar-refractivity contribution >= 4 is 18.5 Å². The Bertz CT molecular complexity index is 291. The van der Waals surface area contributed by atoms with Gasteiger partial charge in [-0.3, -0.25) is 0 Å². The quantitative estimate of drug-likeness (QED) is 0.305. The van der Waals surface area contributed by atoms with Crippen molar-refractivity contribution in [1.29, 1.82) is 0 Å². The Morgan fingerprint density at radius 1 is 0.944 bits per heavy atom. The minimum atomic E-state index is -1.72. The third-order valence-corrected chi connectivity index (χ3v) is 9.52. The minimum Gasteiger partial charge on any atom is -0.166 e. The summed E-state index contributed by atoms with van der Waals surface area (Å²) >= 11 is 7.06. The van der Waals surface area contributed by atoms with E-state index in [4.69, 9.17) is 11.1 Å². The highest BCUT2D eigenvalue weighted by Crippen LogP contribution is 2.44. The van der Waals surface area contributed by atoms with Crippen molar-refractivity contribution in [2.24, 2.45) is 0 Å². The fourth-order valence-electron chi connectivity index (χ4n) is 2.76. The zero-order valence-electron chi connectivity index (χ0n) is 11.3. The smallest absolute Gasteiger partial charge is 0.166 e. The Hall–Kier alpha value is -0.533. The van der Waals surface area contributed by atoms with Gasteiger partial charge in [-0.1, -0.05) is 81.7 Å². The molecule has 100 valence electrons. The van der Waals surface area contributed by atoms with Gasteiger partial charge in [0, 0.05) is 0 Å². The van der Waals surface area contributed by atoms with E-state index in [1.54, 1.807) is 0 Å². The molecule has 0 aromatic rings. The zero-order valence-corrected chi connectivity index (χ0v) is 13.0. The molecule has 0 saturated heterocycles. The van der Waals surface area contributed by atoms with Crippen molar-refractivity contribution in [3.05, 3.63) is 49.6 Å². The second-order valence-electron chi connectivity index (χ2n) is 5.11. The third kappa shape index (κ3) is 4.99. The topological polar surface area (TPSA) is 0 Å². The molecular weight excluding hydrogens is 256 g/mol. The first-order valence-electron chi connectivity index (χ1n) is 6.97. The van der Waals surface area contributed by atoms with Crippen molar-refractivity contribution < 1.29 is 0 Å². The van der Waals surface area contributed by atoms with E-state index in [9.17, 15) is 0 Å². The minimum absolute atomic E-state index is 0.775. The summed E-state index contributed by atoms with van der Waals surface area (Å²) in [7, 11) is -1.72. The predicted octanol–water partition coefficient (Wildman–Crippen LogP) is 5.99. The molecule has 0 atom stereocenters. The lowest BCUT2D eigenvalue weighted by atomic mass is 10.0. The number of halogens is 1. The Labute approximate surface area is 118 Å². The molecule has 0 amide bonds. The van der Waals surface area contributed by atoms with E-state index in [1.165, 1.54) is 32.1 Å². The molecular formula is C16H25ClSi. The van der Waals surface area contributed by atoms with Crippen LogP contribution in [0.15, 0.2) is 49.6 Å². The Kier molecular flexibility index (Phi) is 7.37. The molecule has 0 aliphatic heterocycles. The normalized spacial score (nSPS) is 18.5. The van der Waals surface area contributed by atoms with Gasteiger partial charge in [0.25, 0.3) is 0 Å². The maximum atomic E-state index is 7.06. The summed E-state index contributed by atoms with van der Waals surface area (Å²) in [6.07, 6.45) is 18.9. The van der Waals surface area contributed by atoms with Crippen molar-refractivity contribution in [2.45, 2.75) is 49.7 Å². The zero-order chi connectivity index (χ0) is 13.3. The Balaban J connectivity index is 2.69. The van der Waals surface area contributed by atoms with Crippen LogP contribution in [-0.2, 0) is 0 Å². The highest BCUT2D eigenvalue weighted by atomic mass is 35.6. The lowest BCUT2D eigenvalue weighted by molar-refractivity contribution is 0.494. The average Bonchev–Trinajstić information content (AvgIpc) is 2.40. The van der Waals surface area contributed by atoms with Gasteiger partial charge in [-0.25, -0.2) is 0 Å². The number of hydrogen-bond acceptors (Lipinski definition) is 0. The van der Waals surface area contributed by atoms with Gasteiger partial charge in [0.15, 0.2) is 7.38 Å². The first-order chi connectivity index (χ1) is 8.73. The first-order valence-corrected chi connectivity index (χ1v) is 10.5. The van der Waals surface area contributed by atoms with Gasteiger partial charge in [0.05, 0.1) is 0 Å². The molecule has 0 N–H and O–H groups in total. The van der Waals surface area contributed by atoms with Crippen LogP contribution in [0, 0.1) is 0 Å². The Morgan fingerprint density at radius 3 is 1.89 bits per heavy atom. The maximum Gasteiger partial charge on any atom is 0.166 e. The molecule has 1 aliphatic carbocycles. The molecule has 18 heavy (non-hydrogen) atoms. The molecule has 0 unspecified atom stereocenters. The van der Waals surface area contributed by atoms with Gasteiger partial charge < -0.3 is 0 Å². The van der Waals surface area contributed by atoms with Gasteiger partial charge in [0.2, 0.25) is 0 Å². The SMILES string of the molecule is C=C/C=C/C[Si](Cl)(C/C=C/C=C)C1CCCCC1. The number of hydrogen-bond donors (Lipinski definition) is 0.